The number of nitrogens with one attached hydrogen (secondary N) is 1. The average Bonchev–Trinajstić information content (AvgIpc) is 2.83. The van der Waals surface area contributed by atoms with Gasteiger partial charge in [-0.25, -0.2) is 0 Å². The zero-order valence-electron chi connectivity index (χ0n) is 11.1. The minimum Gasteiger partial charge on any atom is -0.459 e. The molecule has 1 atom stereocenters. The third kappa shape index (κ3) is 2.25. The molecule has 2 heterocycles. The number of nitrogens with zero attached hydrogens (tertiary/aromatic N) is 1. The Bertz CT molecular complexity index is 670. The summed E-state index contributed by atoms with van der Waals surface area (Å²) in [4.78, 5) is 4.43. The standard InChI is InChI=1S/C16H16N2O/c1-11-7-8-18-13(9-11)16(17-2)15-10-12-5-3-4-6-14(12)19-15/h3-10,16-17H,1-2H3. The number of hydrogen-bond acceptors (Lipinski definition) is 3. The molecule has 19 heavy (non-hydrogen) atoms. The van der Waals surface area contributed by atoms with E-state index in [2.05, 4.69) is 35.4 Å². The van der Waals surface area contributed by atoms with E-state index in [1.54, 1.807) is 0 Å². The van der Waals surface area contributed by atoms with E-state index in [1.165, 1.54) is 5.56 Å². The van der Waals surface area contributed by atoms with Gasteiger partial charge in [0.05, 0.1) is 5.69 Å². The lowest BCUT2D eigenvalue weighted by molar-refractivity contribution is 0.486. The van der Waals surface area contributed by atoms with Crippen molar-refractivity contribution in [2.24, 2.45) is 0 Å². The molecule has 3 heteroatoms. The van der Waals surface area contributed by atoms with Crippen molar-refractivity contribution in [1.82, 2.24) is 10.3 Å². The van der Waals surface area contributed by atoms with Gasteiger partial charge in [-0.3, -0.25) is 4.98 Å². The van der Waals surface area contributed by atoms with Gasteiger partial charge in [0.25, 0.3) is 0 Å². The highest BCUT2D eigenvalue weighted by atomic mass is 16.3. The molecule has 0 saturated heterocycles. The van der Waals surface area contributed by atoms with Gasteiger partial charge in [-0.05, 0) is 43.8 Å². The molecule has 3 nitrogen and oxygen atoms in total. The fourth-order valence-corrected chi connectivity index (χ4v) is 2.30. The summed E-state index contributed by atoms with van der Waals surface area (Å²) in [5, 5.41) is 4.38. The first-order chi connectivity index (χ1) is 9.28. The van der Waals surface area contributed by atoms with E-state index < -0.39 is 0 Å². The highest BCUT2D eigenvalue weighted by Gasteiger charge is 2.17. The Labute approximate surface area is 112 Å². The number of benzene rings is 1. The number of aromatic nitrogens is 1. The van der Waals surface area contributed by atoms with Gasteiger partial charge in [-0.15, -0.1) is 0 Å². The van der Waals surface area contributed by atoms with Gasteiger partial charge in [-0.1, -0.05) is 18.2 Å². The number of furan rings is 1. The molecule has 1 aromatic carbocycles. The first kappa shape index (κ1) is 11.9. The number of pyridine rings is 1. The van der Waals surface area contributed by atoms with E-state index in [4.69, 9.17) is 4.42 Å². The number of para-hydroxylation sites is 1. The highest BCUT2D eigenvalue weighted by molar-refractivity contribution is 5.77. The maximum Gasteiger partial charge on any atom is 0.134 e. The van der Waals surface area contributed by atoms with Crippen molar-refractivity contribution < 1.29 is 4.42 Å². The molecular formula is C16H16N2O. The van der Waals surface area contributed by atoms with Crippen LogP contribution in [-0.2, 0) is 0 Å². The molecule has 96 valence electrons. The molecule has 1 N–H and O–H groups in total. The molecule has 0 aliphatic carbocycles. The van der Waals surface area contributed by atoms with Crippen molar-refractivity contribution in [3.63, 3.8) is 0 Å². The Kier molecular flexibility index (Phi) is 3.05. The summed E-state index contributed by atoms with van der Waals surface area (Å²) in [6.45, 7) is 2.07. The first-order valence-corrected chi connectivity index (χ1v) is 6.36. The monoisotopic (exact) mass is 252 g/mol. The maximum absolute atomic E-state index is 5.91. The molecule has 0 saturated carbocycles. The number of fused-ring (bicyclic) bond motifs is 1. The minimum atomic E-state index is -0.0210. The summed E-state index contributed by atoms with van der Waals surface area (Å²) in [5.41, 5.74) is 3.08. The Morgan fingerprint density at radius 1 is 1.16 bits per heavy atom. The third-order valence-electron chi connectivity index (χ3n) is 3.25. The molecule has 0 bridgehead atoms. The summed E-state index contributed by atoms with van der Waals surface area (Å²) < 4.78 is 5.91. The van der Waals surface area contributed by atoms with Gasteiger partial charge in [0.2, 0.25) is 0 Å². The van der Waals surface area contributed by atoms with E-state index in [0.29, 0.717) is 0 Å². The van der Waals surface area contributed by atoms with Crippen LogP contribution in [0.2, 0.25) is 0 Å². The number of aryl methyl sites for hydroxylation is 1. The Hall–Kier alpha value is -2.13. The van der Waals surface area contributed by atoms with Crippen molar-refractivity contribution in [3.8, 4) is 0 Å². The molecule has 0 fully saturated rings. The van der Waals surface area contributed by atoms with E-state index in [9.17, 15) is 0 Å². The van der Waals surface area contributed by atoms with Gasteiger partial charge >= 0.3 is 0 Å². The van der Waals surface area contributed by atoms with Crippen LogP contribution >= 0.6 is 0 Å². The average molecular weight is 252 g/mol. The third-order valence-corrected chi connectivity index (χ3v) is 3.25. The molecule has 1 unspecified atom stereocenters. The topological polar surface area (TPSA) is 38.1 Å². The zero-order chi connectivity index (χ0) is 13.2. The fraction of sp³-hybridized carbons (Fsp3) is 0.188. The largest absolute Gasteiger partial charge is 0.459 e. The van der Waals surface area contributed by atoms with E-state index in [0.717, 1.165) is 22.4 Å². The van der Waals surface area contributed by atoms with Crippen LogP contribution in [0, 0.1) is 6.92 Å². The Morgan fingerprint density at radius 2 is 2.00 bits per heavy atom. The summed E-state index contributed by atoms with van der Waals surface area (Å²) in [6, 6.07) is 14.2. The summed E-state index contributed by atoms with van der Waals surface area (Å²) in [5.74, 6) is 0.891. The molecule has 3 rings (SSSR count). The van der Waals surface area contributed by atoms with Gasteiger partial charge < -0.3 is 9.73 Å². The summed E-state index contributed by atoms with van der Waals surface area (Å²) in [7, 11) is 1.92. The minimum absolute atomic E-state index is 0.0210. The molecule has 0 aliphatic heterocycles. The second-order valence-corrected chi connectivity index (χ2v) is 4.67. The normalized spacial score (nSPS) is 12.7. The van der Waals surface area contributed by atoms with Crippen molar-refractivity contribution in [3.05, 3.63) is 65.7 Å². The van der Waals surface area contributed by atoms with Crippen molar-refractivity contribution in [1.29, 1.82) is 0 Å². The van der Waals surface area contributed by atoms with Crippen LogP contribution in [0.5, 0.6) is 0 Å². The second-order valence-electron chi connectivity index (χ2n) is 4.67. The molecule has 0 aliphatic rings. The SMILES string of the molecule is CNC(c1cc(C)ccn1)c1cc2ccccc2o1. The molecule has 0 spiro atoms. The van der Waals surface area contributed by atoms with Crippen LogP contribution in [-0.4, -0.2) is 12.0 Å². The zero-order valence-corrected chi connectivity index (χ0v) is 11.1. The van der Waals surface area contributed by atoms with Gasteiger partial charge in [0.1, 0.15) is 17.4 Å². The van der Waals surface area contributed by atoms with Crippen LogP contribution in [0.15, 0.2) is 53.1 Å². The lowest BCUT2D eigenvalue weighted by Crippen LogP contribution is -2.18. The van der Waals surface area contributed by atoms with Crippen LogP contribution in [0.4, 0.5) is 0 Å². The summed E-state index contributed by atoms with van der Waals surface area (Å²) >= 11 is 0. The van der Waals surface area contributed by atoms with E-state index in [1.807, 2.05) is 37.5 Å². The summed E-state index contributed by atoms with van der Waals surface area (Å²) in [6.07, 6.45) is 1.83. The van der Waals surface area contributed by atoms with Crippen molar-refractivity contribution in [2.75, 3.05) is 7.05 Å². The van der Waals surface area contributed by atoms with E-state index >= 15 is 0 Å². The molecule has 0 amide bonds. The van der Waals surface area contributed by atoms with Gasteiger partial charge in [0, 0.05) is 11.6 Å². The van der Waals surface area contributed by atoms with Crippen LogP contribution < -0.4 is 5.32 Å². The smallest absolute Gasteiger partial charge is 0.134 e. The number of rotatable bonds is 3. The predicted octanol–water partition coefficient (Wildman–Crippen LogP) is 3.45. The fourth-order valence-electron chi connectivity index (χ4n) is 2.30. The van der Waals surface area contributed by atoms with Crippen LogP contribution in [0.1, 0.15) is 23.1 Å². The van der Waals surface area contributed by atoms with Crippen LogP contribution in [0.25, 0.3) is 11.0 Å². The molecule has 2 aromatic heterocycles. The molecule has 0 radical (unpaired) electrons. The second kappa shape index (κ2) is 4.86. The van der Waals surface area contributed by atoms with Gasteiger partial charge in [0.15, 0.2) is 0 Å². The molecular weight excluding hydrogens is 236 g/mol. The van der Waals surface area contributed by atoms with Crippen LogP contribution in [0.3, 0.4) is 0 Å². The lowest BCUT2D eigenvalue weighted by Gasteiger charge is -2.13. The van der Waals surface area contributed by atoms with Crippen molar-refractivity contribution in [2.45, 2.75) is 13.0 Å². The first-order valence-electron chi connectivity index (χ1n) is 6.36. The predicted molar refractivity (Wildman–Crippen MR) is 76.1 cm³/mol. The Morgan fingerprint density at radius 3 is 2.74 bits per heavy atom. The van der Waals surface area contributed by atoms with E-state index in [-0.39, 0.29) is 6.04 Å². The number of hydrogen-bond donors (Lipinski definition) is 1. The maximum atomic E-state index is 5.91. The Balaban J connectivity index is 2.06. The van der Waals surface area contributed by atoms with Gasteiger partial charge in [-0.2, -0.15) is 0 Å². The molecule has 3 aromatic rings. The van der Waals surface area contributed by atoms with Crippen molar-refractivity contribution >= 4 is 11.0 Å². The quantitative estimate of drug-likeness (QED) is 0.776. The highest BCUT2D eigenvalue weighted by Crippen LogP contribution is 2.27. The lowest BCUT2D eigenvalue weighted by atomic mass is 10.1.